The minimum atomic E-state index is -4.21. The van der Waals surface area contributed by atoms with Gasteiger partial charge in [0.05, 0.1) is 0 Å². The molecule has 0 aliphatic carbocycles. The van der Waals surface area contributed by atoms with Gasteiger partial charge in [-0.05, 0) is 45.6 Å². The molecule has 0 radical (unpaired) electrons. The van der Waals surface area contributed by atoms with Crippen LogP contribution < -0.4 is 5.32 Å². The number of alkyl halides is 3. The summed E-state index contributed by atoms with van der Waals surface area (Å²) in [6.45, 7) is 8.06. The fourth-order valence-corrected chi connectivity index (χ4v) is 1.58. The molecular formula is C12H25F3N2O. The highest BCUT2D eigenvalue weighted by molar-refractivity contribution is 4.55. The van der Waals surface area contributed by atoms with Gasteiger partial charge in [-0.2, -0.15) is 13.2 Å². The summed E-state index contributed by atoms with van der Waals surface area (Å²) >= 11 is 0. The summed E-state index contributed by atoms with van der Waals surface area (Å²) in [5.74, 6) is 0. The van der Waals surface area contributed by atoms with Gasteiger partial charge in [0.1, 0.15) is 6.61 Å². The van der Waals surface area contributed by atoms with Crippen molar-refractivity contribution in [3.63, 3.8) is 0 Å². The average molecular weight is 270 g/mol. The maximum Gasteiger partial charge on any atom is 0.411 e. The lowest BCUT2D eigenvalue weighted by molar-refractivity contribution is -0.173. The lowest BCUT2D eigenvalue weighted by Crippen LogP contribution is -2.27. The first-order valence-electron chi connectivity index (χ1n) is 6.57. The minimum Gasteiger partial charge on any atom is -0.372 e. The van der Waals surface area contributed by atoms with E-state index in [2.05, 4.69) is 28.8 Å². The van der Waals surface area contributed by atoms with Crippen LogP contribution >= 0.6 is 0 Å². The molecule has 0 atom stereocenters. The van der Waals surface area contributed by atoms with E-state index in [1.54, 1.807) is 0 Å². The monoisotopic (exact) mass is 270 g/mol. The Morgan fingerprint density at radius 1 is 1.06 bits per heavy atom. The van der Waals surface area contributed by atoms with Crippen LogP contribution in [0.4, 0.5) is 13.2 Å². The van der Waals surface area contributed by atoms with E-state index in [1.807, 2.05) is 0 Å². The Morgan fingerprint density at radius 2 is 1.67 bits per heavy atom. The lowest BCUT2D eigenvalue weighted by atomic mass is 10.3. The minimum absolute atomic E-state index is 0.155. The fraction of sp³-hybridized carbons (Fsp3) is 1.00. The molecule has 0 saturated carbocycles. The third-order valence-corrected chi connectivity index (χ3v) is 2.63. The quantitative estimate of drug-likeness (QED) is 0.583. The molecule has 1 N–H and O–H groups in total. The Morgan fingerprint density at radius 3 is 2.22 bits per heavy atom. The van der Waals surface area contributed by atoms with E-state index in [1.165, 1.54) is 0 Å². The molecule has 0 aromatic heterocycles. The van der Waals surface area contributed by atoms with E-state index < -0.39 is 12.8 Å². The summed E-state index contributed by atoms with van der Waals surface area (Å²) in [4.78, 5) is 2.34. The topological polar surface area (TPSA) is 24.5 Å². The van der Waals surface area contributed by atoms with E-state index >= 15 is 0 Å². The highest BCUT2D eigenvalue weighted by atomic mass is 19.4. The summed E-state index contributed by atoms with van der Waals surface area (Å²) < 4.78 is 39.7. The Balaban J connectivity index is 3.17. The zero-order chi connectivity index (χ0) is 13.9. The van der Waals surface area contributed by atoms with Gasteiger partial charge in [0.15, 0.2) is 0 Å². The Bertz CT molecular complexity index is 185. The first-order chi connectivity index (χ1) is 8.49. The van der Waals surface area contributed by atoms with Crippen molar-refractivity contribution >= 4 is 0 Å². The van der Waals surface area contributed by atoms with Crippen LogP contribution in [0.5, 0.6) is 0 Å². The van der Waals surface area contributed by atoms with Crippen molar-refractivity contribution in [1.82, 2.24) is 10.2 Å². The van der Waals surface area contributed by atoms with Gasteiger partial charge in [0.2, 0.25) is 0 Å². The van der Waals surface area contributed by atoms with Crippen molar-refractivity contribution in [2.24, 2.45) is 0 Å². The first kappa shape index (κ1) is 17.7. The van der Waals surface area contributed by atoms with Crippen LogP contribution in [0.15, 0.2) is 0 Å². The smallest absolute Gasteiger partial charge is 0.372 e. The Hall–Kier alpha value is -0.330. The van der Waals surface area contributed by atoms with E-state index in [9.17, 15) is 13.2 Å². The summed E-state index contributed by atoms with van der Waals surface area (Å²) in [5.41, 5.74) is 0. The predicted octanol–water partition coefficient (Wildman–Crippen LogP) is 2.28. The van der Waals surface area contributed by atoms with Crippen molar-refractivity contribution in [2.75, 3.05) is 45.9 Å². The van der Waals surface area contributed by atoms with E-state index in [0.29, 0.717) is 13.0 Å². The SMILES string of the molecule is CCN(CC)CCCNCCCOCC(F)(F)F. The van der Waals surface area contributed by atoms with Crippen molar-refractivity contribution in [3.8, 4) is 0 Å². The number of hydrogen-bond acceptors (Lipinski definition) is 3. The standard InChI is InChI=1S/C12H25F3N2O/c1-3-17(4-2)9-5-7-16-8-6-10-18-11-12(13,14)15/h16H,3-11H2,1-2H3. The Kier molecular flexibility index (Phi) is 10.4. The molecular weight excluding hydrogens is 245 g/mol. The molecule has 6 heteroatoms. The molecule has 0 bridgehead atoms. The summed E-state index contributed by atoms with van der Waals surface area (Å²) in [6, 6.07) is 0. The van der Waals surface area contributed by atoms with Crippen molar-refractivity contribution in [3.05, 3.63) is 0 Å². The second kappa shape index (κ2) is 10.6. The van der Waals surface area contributed by atoms with Gasteiger partial charge in [-0.3, -0.25) is 0 Å². The van der Waals surface area contributed by atoms with Crippen LogP contribution in [0.3, 0.4) is 0 Å². The normalized spacial score (nSPS) is 12.3. The third kappa shape index (κ3) is 12.1. The van der Waals surface area contributed by atoms with Gasteiger partial charge in [-0.25, -0.2) is 0 Å². The molecule has 110 valence electrons. The summed E-state index contributed by atoms with van der Waals surface area (Å²) in [6.07, 6.45) is -2.54. The second-order valence-corrected chi connectivity index (χ2v) is 4.15. The molecule has 0 amide bonds. The number of nitrogens with zero attached hydrogens (tertiary/aromatic N) is 1. The molecule has 0 aromatic rings. The Labute approximate surface area is 108 Å². The van der Waals surface area contributed by atoms with Crippen LogP contribution in [0.25, 0.3) is 0 Å². The van der Waals surface area contributed by atoms with Crippen LogP contribution in [-0.2, 0) is 4.74 Å². The molecule has 0 saturated heterocycles. The highest BCUT2D eigenvalue weighted by Gasteiger charge is 2.27. The molecule has 3 nitrogen and oxygen atoms in total. The second-order valence-electron chi connectivity index (χ2n) is 4.15. The van der Waals surface area contributed by atoms with Gasteiger partial charge in [-0.1, -0.05) is 13.8 Å². The van der Waals surface area contributed by atoms with Crippen molar-refractivity contribution in [1.29, 1.82) is 0 Å². The van der Waals surface area contributed by atoms with Crippen LogP contribution in [-0.4, -0.2) is 57.0 Å². The fourth-order valence-electron chi connectivity index (χ4n) is 1.58. The third-order valence-electron chi connectivity index (χ3n) is 2.63. The summed E-state index contributed by atoms with van der Waals surface area (Å²) in [7, 11) is 0. The van der Waals surface area contributed by atoms with Gasteiger partial charge >= 0.3 is 6.18 Å². The number of ether oxygens (including phenoxy) is 1. The van der Waals surface area contributed by atoms with Crippen LogP contribution in [0.2, 0.25) is 0 Å². The molecule has 0 unspecified atom stereocenters. The van der Waals surface area contributed by atoms with Gasteiger partial charge in [0, 0.05) is 6.61 Å². The van der Waals surface area contributed by atoms with Gasteiger partial charge < -0.3 is 15.0 Å². The van der Waals surface area contributed by atoms with Crippen LogP contribution in [0, 0.1) is 0 Å². The molecule has 0 heterocycles. The van der Waals surface area contributed by atoms with E-state index in [-0.39, 0.29) is 6.61 Å². The number of halogens is 3. The molecule has 0 rings (SSSR count). The van der Waals surface area contributed by atoms with E-state index in [4.69, 9.17) is 0 Å². The maximum absolute atomic E-state index is 11.7. The molecule has 0 aromatic carbocycles. The average Bonchev–Trinajstić information content (AvgIpc) is 2.30. The van der Waals surface area contributed by atoms with E-state index in [0.717, 1.165) is 32.6 Å². The molecule has 0 fully saturated rings. The number of nitrogens with one attached hydrogen (secondary N) is 1. The molecule has 0 aliphatic rings. The zero-order valence-corrected chi connectivity index (χ0v) is 11.4. The largest absolute Gasteiger partial charge is 0.411 e. The van der Waals surface area contributed by atoms with Crippen molar-refractivity contribution < 1.29 is 17.9 Å². The summed E-state index contributed by atoms with van der Waals surface area (Å²) in [5, 5.41) is 3.20. The van der Waals surface area contributed by atoms with Gasteiger partial charge in [0.25, 0.3) is 0 Å². The maximum atomic E-state index is 11.7. The van der Waals surface area contributed by atoms with Crippen LogP contribution in [0.1, 0.15) is 26.7 Å². The molecule has 0 aliphatic heterocycles. The highest BCUT2D eigenvalue weighted by Crippen LogP contribution is 2.14. The first-order valence-corrected chi connectivity index (χ1v) is 6.57. The van der Waals surface area contributed by atoms with Crippen molar-refractivity contribution in [2.45, 2.75) is 32.9 Å². The molecule has 18 heavy (non-hydrogen) atoms. The lowest BCUT2D eigenvalue weighted by Gasteiger charge is -2.17. The van der Waals surface area contributed by atoms with Gasteiger partial charge in [-0.15, -0.1) is 0 Å². The predicted molar refractivity (Wildman–Crippen MR) is 66.8 cm³/mol. The molecule has 0 spiro atoms. The zero-order valence-electron chi connectivity index (χ0n) is 11.4. The number of hydrogen-bond donors (Lipinski definition) is 1. The number of rotatable bonds is 11.